The molecule has 0 bridgehead atoms. The number of benzene rings is 1. The maximum Gasteiger partial charge on any atom is 0.128 e. The summed E-state index contributed by atoms with van der Waals surface area (Å²) >= 11 is 1.61. The maximum atomic E-state index is 10.1. The maximum absolute atomic E-state index is 10.1. The summed E-state index contributed by atoms with van der Waals surface area (Å²) < 4.78 is 1.07. The van der Waals surface area contributed by atoms with E-state index < -0.39 is 5.41 Å². The molecule has 1 aromatic carbocycles. The average Bonchev–Trinajstić information content (AvgIpc) is 2.66. The van der Waals surface area contributed by atoms with Gasteiger partial charge < -0.3 is 10.2 Å². The number of aromatic hydroxyl groups is 1. The van der Waals surface area contributed by atoms with Crippen molar-refractivity contribution in [2.75, 3.05) is 6.61 Å². The molecular weight excluding hydrogens is 208 g/mol. The van der Waals surface area contributed by atoms with Crippen LogP contribution in [-0.2, 0) is 5.41 Å². The molecule has 15 heavy (non-hydrogen) atoms. The Balaban J connectivity index is 2.67. The summed E-state index contributed by atoms with van der Waals surface area (Å²) in [4.78, 5) is 0. The van der Waals surface area contributed by atoms with Crippen LogP contribution in [0.5, 0.6) is 5.75 Å². The molecule has 0 saturated carbocycles. The quantitative estimate of drug-likeness (QED) is 0.820. The fraction of sp³-hybridized carbons (Fsp3) is 0.333. The number of phenols is 1. The van der Waals surface area contributed by atoms with Crippen molar-refractivity contribution in [3.8, 4) is 5.75 Å². The fourth-order valence-corrected chi connectivity index (χ4v) is 2.45. The number of aliphatic hydroxyl groups excluding tert-OH is 1. The average molecular weight is 222 g/mol. The summed E-state index contributed by atoms with van der Waals surface area (Å²) in [5, 5.41) is 22.2. The lowest BCUT2D eigenvalue weighted by Crippen LogP contribution is -2.22. The third kappa shape index (κ3) is 1.62. The molecule has 0 fully saturated rings. The summed E-state index contributed by atoms with van der Waals surface area (Å²) in [5.41, 5.74) is 0.399. The zero-order chi connectivity index (χ0) is 11.1. The topological polar surface area (TPSA) is 40.5 Å². The Morgan fingerprint density at radius 1 is 1.27 bits per heavy atom. The van der Waals surface area contributed by atoms with Crippen molar-refractivity contribution in [1.29, 1.82) is 0 Å². The first-order valence-electron chi connectivity index (χ1n) is 4.87. The molecule has 0 unspecified atom stereocenters. The SMILES string of the molecule is CC(C)(CO)c1ccc2sccc2c1O. The third-order valence-corrected chi connectivity index (χ3v) is 3.61. The van der Waals surface area contributed by atoms with Gasteiger partial charge in [-0.3, -0.25) is 0 Å². The molecule has 0 aliphatic rings. The van der Waals surface area contributed by atoms with Crippen molar-refractivity contribution in [2.45, 2.75) is 19.3 Å². The molecule has 0 aliphatic carbocycles. The molecule has 2 nitrogen and oxygen atoms in total. The van der Waals surface area contributed by atoms with E-state index in [4.69, 9.17) is 0 Å². The summed E-state index contributed by atoms with van der Waals surface area (Å²) in [6.07, 6.45) is 0. The lowest BCUT2D eigenvalue weighted by atomic mass is 9.84. The summed E-state index contributed by atoms with van der Waals surface area (Å²) in [7, 11) is 0. The van der Waals surface area contributed by atoms with Gasteiger partial charge in [-0.1, -0.05) is 19.9 Å². The van der Waals surface area contributed by atoms with E-state index >= 15 is 0 Å². The molecule has 0 saturated heterocycles. The van der Waals surface area contributed by atoms with Crippen molar-refractivity contribution >= 4 is 21.4 Å². The minimum Gasteiger partial charge on any atom is -0.507 e. The van der Waals surface area contributed by atoms with E-state index in [1.165, 1.54) is 0 Å². The minimum absolute atomic E-state index is 0.0240. The van der Waals surface area contributed by atoms with Crippen LogP contribution in [0.3, 0.4) is 0 Å². The Labute approximate surface area is 92.8 Å². The van der Waals surface area contributed by atoms with Crippen molar-refractivity contribution in [1.82, 2.24) is 0 Å². The van der Waals surface area contributed by atoms with Crippen LogP contribution in [0.25, 0.3) is 10.1 Å². The first-order chi connectivity index (χ1) is 7.06. The van der Waals surface area contributed by atoms with Crippen LogP contribution in [0.2, 0.25) is 0 Å². The molecule has 0 aliphatic heterocycles. The highest BCUT2D eigenvalue weighted by Crippen LogP contribution is 2.38. The van der Waals surface area contributed by atoms with Gasteiger partial charge in [0.2, 0.25) is 0 Å². The smallest absolute Gasteiger partial charge is 0.128 e. The van der Waals surface area contributed by atoms with Crippen LogP contribution in [0, 0.1) is 0 Å². The third-order valence-electron chi connectivity index (χ3n) is 2.73. The lowest BCUT2D eigenvalue weighted by molar-refractivity contribution is 0.215. The molecule has 80 valence electrons. The van der Waals surface area contributed by atoms with Gasteiger partial charge >= 0.3 is 0 Å². The van der Waals surface area contributed by atoms with Crippen molar-refractivity contribution in [3.05, 3.63) is 29.1 Å². The first-order valence-corrected chi connectivity index (χ1v) is 5.75. The normalized spacial score (nSPS) is 12.2. The van der Waals surface area contributed by atoms with Gasteiger partial charge in [0, 0.05) is 21.1 Å². The monoisotopic (exact) mass is 222 g/mol. The Morgan fingerprint density at radius 2 is 2.00 bits per heavy atom. The molecule has 3 heteroatoms. The first kappa shape index (κ1) is 10.5. The van der Waals surface area contributed by atoms with Crippen LogP contribution >= 0.6 is 11.3 Å². The Hall–Kier alpha value is -1.06. The molecule has 0 atom stereocenters. The Kier molecular flexibility index (Phi) is 2.44. The minimum atomic E-state index is -0.403. The number of thiophene rings is 1. The van der Waals surface area contributed by atoms with E-state index in [9.17, 15) is 10.2 Å². The highest BCUT2D eigenvalue weighted by Gasteiger charge is 2.24. The van der Waals surface area contributed by atoms with Gasteiger partial charge in [0.15, 0.2) is 0 Å². The number of phenolic OH excluding ortho intramolecular Hbond substituents is 1. The number of hydrogen-bond acceptors (Lipinski definition) is 3. The van der Waals surface area contributed by atoms with E-state index in [2.05, 4.69) is 0 Å². The Bertz CT molecular complexity index is 485. The zero-order valence-electron chi connectivity index (χ0n) is 8.82. The second-order valence-corrected chi connectivity index (χ2v) is 5.28. The predicted octanol–water partition coefficient (Wildman–Crippen LogP) is 2.88. The Morgan fingerprint density at radius 3 is 2.67 bits per heavy atom. The van der Waals surface area contributed by atoms with Crippen LogP contribution in [0.15, 0.2) is 23.6 Å². The van der Waals surface area contributed by atoms with Gasteiger partial charge in [0.05, 0.1) is 6.61 Å². The van der Waals surface area contributed by atoms with Gasteiger partial charge in [-0.2, -0.15) is 0 Å². The van der Waals surface area contributed by atoms with E-state index in [0.717, 1.165) is 15.6 Å². The van der Waals surface area contributed by atoms with Crippen molar-refractivity contribution in [2.24, 2.45) is 0 Å². The molecule has 2 rings (SSSR count). The van der Waals surface area contributed by atoms with Gasteiger partial charge in [0.1, 0.15) is 5.75 Å². The van der Waals surface area contributed by atoms with Crippen LogP contribution in [0.4, 0.5) is 0 Å². The fourth-order valence-electron chi connectivity index (χ4n) is 1.66. The molecule has 1 heterocycles. The summed E-state index contributed by atoms with van der Waals surface area (Å²) in [5.74, 6) is 0.299. The molecule has 0 spiro atoms. The van der Waals surface area contributed by atoms with Gasteiger partial charge in [-0.15, -0.1) is 11.3 Å². The molecule has 2 aromatic rings. The van der Waals surface area contributed by atoms with Crippen LogP contribution in [0.1, 0.15) is 19.4 Å². The molecule has 2 N–H and O–H groups in total. The van der Waals surface area contributed by atoms with Gasteiger partial charge in [0.25, 0.3) is 0 Å². The largest absolute Gasteiger partial charge is 0.507 e. The highest BCUT2D eigenvalue weighted by molar-refractivity contribution is 7.17. The standard InChI is InChI=1S/C12H14O2S/c1-12(2,7-13)9-3-4-10-8(11(9)14)5-6-15-10/h3-6,13-14H,7H2,1-2H3. The number of hydrogen-bond donors (Lipinski definition) is 2. The zero-order valence-corrected chi connectivity index (χ0v) is 9.64. The van der Waals surface area contributed by atoms with E-state index in [1.54, 1.807) is 11.3 Å². The van der Waals surface area contributed by atoms with Gasteiger partial charge in [-0.05, 0) is 17.5 Å². The molecule has 0 amide bonds. The number of fused-ring (bicyclic) bond motifs is 1. The van der Waals surface area contributed by atoms with E-state index in [-0.39, 0.29) is 6.61 Å². The second-order valence-electron chi connectivity index (χ2n) is 4.34. The molecule has 1 aromatic heterocycles. The van der Waals surface area contributed by atoms with Crippen LogP contribution < -0.4 is 0 Å². The van der Waals surface area contributed by atoms with Crippen molar-refractivity contribution < 1.29 is 10.2 Å². The van der Waals surface area contributed by atoms with E-state index in [1.807, 2.05) is 37.4 Å². The predicted molar refractivity (Wildman–Crippen MR) is 63.6 cm³/mol. The molecular formula is C12H14O2S. The summed E-state index contributed by atoms with van der Waals surface area (Å²) in [6, 6.07) is 5.79. The second kappa shape index (κ2) is 3.51. The summed E-state index contributed by atoms with van der Waals surface area (Å²) in [6.45, 7) is 3.86. The lowest BCUT2D eigenvalue weighted by Gasteiger charge is -2.23. The van der Waals surface area contributed by atoms with Crippen molar-refractivity contribution in [3.63, 3.8) is 0 Å². The van der Waals surface area contributed by atoms with Gasteiger partial charge in [-0.25, -0.2) is 0 Å². The van der Waals surface area contributed by atoms with E-state index in [0.29, 0.717) is 5.75 Å². The number of rotatable bonds is 2. The molecule has 0 radical (unpaired) electrons. The van der Waals surface area contributed by atoms with Crippen LogP contribution in [-0.4, -0.2) is 16.8 Å². The highest BCUT2D eigenvalue weighted by atomic mass is 32.1. The number of aliphatic hydroxyl groups is 1.